The monoisotopic (exact) mass is 351 g/mol. The number of ether oxygens (including phenoxy) is 1. The average Bonchev–Trinajstić information content (AvgIpc) is 3.14. The Morgan fingerprint density at radius 2 is 1.88 bits per heavy atom. The molecule has 0 aliphatic rings. The number of hydrogen-bond acceptors (Lipinski definition) is 4. The molecule has 132 valence electrons. The summed E-state index contributed by atoms with van der Waals surface area (Å²) in [7, 11) is 0. The number of aromatic nitrogens is 1. The predicted octanol–water partition coefficient (Wildman–Crippen LogP) is 4.67. The van der Waals surface area contributed by atoms with Crippen LogP contribution in [0.5, 0.6) is 0 Å². The molecule has 0 radical (unpaired) electrons. The van der Waals surface area contributed by atoms with Crippen LogP contribution in [0, 0.1) is 5.82 Å². The van der Waals surface area contributed by atoms with E-state index >= 15 is 0 Å². The van der Waals surface area contributed by atoms with Gasteiger partial charge < -0.3 is 9.15 Å². The van der Waals surface area contributed by atoms with Crippen molar-refractivity contribution in [3.05, 3.63) is 84.1 Å². The summed E-state index contributed by atoms with van der Waals surface area (Å²) < 4.78 is 23.7. The zero-order chi connectivity index (χ0) is 18.2. The standard InChI is InChI=1S/C21H18FNO3/c22-18-10-8-17(9-11-18)19-15-23-20(26-19)12-13-21(24)25-14-4-7-16-5-2-1-3-6-16/h1-11,15H,12-14H2/b7-4+. The normalized spacial score (nSPS) is 11.0. The lowest BCUT2D eigenvalue weighted by atomic mass is 10.2. The molecule has 0 amide bonds. The van der Waals surface area contributed by atoms with Gasteiger partial charge in [0.05, 0.1) is 12.6 Å². The molecule has 0 atom stereocenters. The van der Waals surface area contributed by atoms with Gasteiger partial charge in [0.25, 0.3) is 0 Å². The van der Waals surface area contributed by atoms with Gasteiger partial charge >= 0.3 is 5.97 Å². The molecule has 1 aromatic heterocycles. The van der Waals surface area contributed by atoms with Crippen molar-refractivity contribution in [3.8, 4) is 11.3 Å². The van der Waals surface area contributed by atoms with Crippen LogP contribution < -0.4 is 0 Å². The fourth-order valence-corrected chi connectivity index (χ4v) is 2.34. The Bertz CT molecular complexity index is 870. The van der Waals surface area contributed by atoms with E-state index in [1.165, 1.54) is 12.1 Å². The van der Waals surface area contributed by atoms with Gasteiger partial charge in [-0.3, -0.25) is 4.79 Å². The zero-order valence-electron chi connectivity index (χ0n) is 14.1. The third kappa shape index (κ3) is 5.14. The van der Waals surface area contributed by atoms with E-state index in [1.54, 1.807) is 24.4 Å². The highest BCUT2D eigenvalue weighted by Gasteiger charge is 2.09. The second-order valence-corrected chi connectivity index (χ2v) is 5.62. The Kier molecular flexibility index (Phi) is 5.93. The molecule has 4 nitrogen and oxygen atoms in total. The summed E-state index contributed by atoms with van der Waals surface area (Å²) in [5.41, 5.74) is 1.79. The lowest BCUT2D eigenvalue weighted by molar-refractivity contribution is -0.142. The van der Waals surface area contributed by atoms with E-state index in [1.807, 2.05) is 36.4 Å². The number of benzene rings is 2. The molecular formula is C21H18FNO3. The van der Waals surface area contributed by atoms with Gasteiger partial charge in [0.1, 0.15) is 12.4 Å². The van der Waals surface area contributed by atoms with Crippen molar-refractivity contribution in [1.29, 1.82) is 0 Å². The molecule has 0 aliphatic carbocycles. The Morgan fingerprint density at radius 3 is 2.65 bits per heavy atom. The molecule has 5 heteroatoms. The quantitative estimate of drug-likeness (QED) is 0.581. The number of aryl methyl sites for hydroxylation is 1. The molecule has 3 aromatic rings. The van der Waals surface area contributed by atoms with Crippen LogP contribution in [0.1, 0.15) is 17.9 Å². The Morgan fingerprint density at radius 1 is 1.12 bits per heavy atom. The van der Waals surface area contributed by atoms with E-state index in [2.05, 4.69) is 4.98 Å². The first-order valence-corrected chi connectivity index (χ1v) is 8.28. The van der Waals surface area contributed by atoms with E-state index in [9.17, 15) is 9.18 Å². The largest absolute Gasteiger partial charge is 0.461 e. The van der Waals surface area contributed by atoms with Crippen LogP contribution in [0.25, 0.3) is 17.4 Å². The summed E-state index contributed by atoms with van der Waals surface area (Å²) in [6.07, 6.45) is 5.79. The van der Waals surface area contributed by atoms with E-state index in [0.717, 1.165) is 11.1 Å². The summed E-state index contributed by atoms with van der Waals surface area (Å²) in [5, 5.41) is 0. The minimum absolute atomic E-state index is 0.183. The van der Waals surface area contributed by atoms with Gasteiger partial charge in [0.15, 0.2) is 11.7 Å². The molecule has 0 saturated carbocycles. The average molecular weight is 351 g/mol. The van der Waals surface area contributed by atoms with Crippen molar-refractivity contribution in [2.45, 2.75) is 12.8 Å². The molecule has 1 heterocycles. The third-order valence-corrected chi connectivity index (χ3v) is 3.68. The second kappa shape index (κ2) is 8.76. The van der Waals surface area contributed by atoms with Crippen LogP contribution in [0.3, 0.4) is 0 Å². The Balaban J connectivity index is 1.43. The highest BCUT2D eigenvalue weighted by molar-refractivity contribution is 5.69. The molecule has 0 saturated heterocycles. The summed E-state index contributed by atoms with van der Waals surface area (Å²) >= 11 is 0. The van der Waals surface area contributed by atoms with Crippen molar-refractivity contribution >= 4 is 12.0 Å². The van der Waals surface area contributed by atoms with Crippen molar-refractivity contribution in [3.63, 3.8) is 0 Å². The summed E-state index contributed by atoms with van der Waals surface area (Å²) in [6.45, 7) is 0.222. The summed E-state index contributed by atoms with van der Waals surface area (Å²) in [5.74, 6) is 0.363. The number of nitrogens with zero attached hydrogens (tertiary/aromatic N) is 1. The molecule has 0 unspecified atom stereocenters. The fraction of sp³-hybridized carbons (Fsp3) is 0.143. The van der Waals surface area contributed by atoms with Crippen molar-refractivity contribution in [2.24, 2.45) is 0 Å². The van der Waals surface area contributed by atoms with Crippen LogP contribution in [0.2, 0.25) is 0 Å². The smallest absolute Gasteiger partial charge is 0.306 e. The van der Waals surface area contributed by atoms with Crippen LogP contribution in [0.15, 0.2) is 71.3 Å². The van der Waals surface area contributed by atoms with Crippen molar-refractivity contribution in [2.75, 3.05) is 6.61 Å². The third-order valence-electron chi connectivity index (χ3n) is 3.68. The van der Waals surface area contributed by atoms with E-state index in [4.69, 9.17) is 9.15 Å². The first kappa shape index (κ1) is 17.6. The number of oxazole rings is 1. The fourth-order valence-electron chi connectivity index (χ4n) is 2.34. The number of carbonyl (C=O) groups is 1. The van der Waals surface area contributed by atoms with Gasteiger partial charge in [-0.1, -0.05) is 36.4 Å². The lowest BCUT2D eigenvalue weighted by Crippen LogP contribution is -2.05. The molecule has 0 bridgehead atoms. The minimum Gasteiger partial charge on any atom is -0.461 e. The van der Waals surface area contributed by atoms with E-state index < -0.39 is 0 Å². The van der Waals surface area contributed by atoms with Crippen LogP contribution >= 0.6 is 0 Å². The topological polar surface area (TPSA) is 52.3 Å². The molecule has 0 spiro atoms. The number of hydrogen-bond donors (Lipinski definition) is 0. The van der Waals surface area contributed by atoms with Gasteiger partial charge in [0.2, 0.25) is 0 Å². The Hall–Kier alpha value is -3.21. The lowest BCUT2D eigenvalue weighted by Gasteiger charge is -2.00. The van der Waals surface area contributed by atoms with Gasteiger partial charge in [-0.2, -0.15) is 0 Å². The number of carbonyl (C=O) groups excluding carboxylic acids is 1. The first-order valence-electron chi connectivity index (χ1n) is 8.28. The zero-order valence-corrected chi connectivity index (χ0v) is 14.1. The SMILES string of the molecule is O=C(CCc1ncc(-c2ccc(F)cc2)o1)OC/C=C/c1ccccc1. The molecule has 0 N–H and O–H groups in total. The van der Waals surface area contributed by atoms with Crippen LogP contribution in [0.4, 0.5) is 4.39 Å². The first-order chi connectivity index (χ1) is 12.7. The maximum absolute atomic E-state index is 12.9. The number of halogens is 1. The molecule has 2 aromatic carbocycles. The van der Waals surface area contributed by atoms with E-state index in [-0.39, 0.29) is 24.8 Å². The molecule has 0 fully saturated rings. The van der Waals surface area contributed by atoms with Gasteiger partial charge in [-0.15, -0.1) is 0 Å². The summed E-state index contributed by atoms with van der Waals surface area (Å²) in [6, 6.07) is 15.7. The maximum atomic E-state index is 12.9. The summed E-state index contributed by atoms with van der Waals surface area (Å²) in [4.78, 5) is 15.9. The number of esters is 1. The van der Waals surface area contributed by atoms with Gasteiger partial charge in [0, 0.05) is 12.0 Å². The molecule has 0 aliphatic heterocycles. The Labute approximate surface area is 151 Å². The second-order valence-electron chi connectivity index (χ2n) is 5.62. The number of rotatable bonds is 7. The van der Waals surface area contributed by atoms with Gasteiger partial charge in [-0.05, 0) is 35.9 Å². The van der Waals surface area contributed by atoms with Crippen molar-refractivity contribution in [1.82, 2.24) is 4.98 Å². The minimum atomic E-state index is -0.316. The van der Waals surface area contributed by atoms with Crippen LogP contribution in [-0.2, 0) is 16.0 Å². The van der Waals surface area contributed by atoms with Crippen LogP contribution in [-0.4, -0.2) is 17.6 Å². The predicted molar refractivity (Wildman–Crippen MR) is 96.7 cm³/mol. The highest BCUT2D eigenvalue weighted by atomic mass is 19.1. The van der Waals surface area contributed by atoms with Gasteiger partial charge in [-0.25, -0.2) is 9.37 Å². The molecular weight excluding hydrogens is 333 g/mol. The van der Waals surface area contributed by atoms with Crippen molar-refractivity contribution < 1.29 is 18.3 Å². The molecule has 26 heavy (non-hydrogen) atoms. The molecule has 3 rings (SSSR count). The highest BCUT2D eigenvalue weighted by Crippen LogP contribution is 2.21. The maximum Gasteiger partial charge on any atom is 0.306 e. The van der Waals surface area contributed by atoms with E-state index in [0.29, 0.717) is 18.1 Å².